The largest absolute Gasteiger partial charge is 0.493 e. The lowest BCUT2D eigenvalue weighted by Gasteiger charge is -2.11. The van der Waals surface area contributed by atoms with E-state index in [1.807, 2.05) is 50.2 Å². The number of ether oxygens (including phenoxy) is 1. The van der Waals surface area contributed by atoms with E-state index in [0.717, 1.165) is 13.6 Å². The highest BCUT2D eigenvalue weighted by molar-refractivity contribution is 14.1. The van der Waals surface area contributed by atoms with Crippen LogP contribution in [0.2, 0.25) is 0 Å². The SMILES string of the molecule is CCOc1ccc(Br)cc1C(=O)c1cccc(C)c1I. The van der Waals surface area contributed by atoms with Gasteiger partial charge in [-0.05, 0) is 66.3 Å². The average molecular weight is 445 g/mol. The van der Waals surface area contributed by atoms with Crippen molar-refractivity contribution in [2.24, 2.45) is 0 Å². The summed E-state index contributed by atoms with van der Waals surface area (Å²) in [6.45, 7) is 4.45. The standard InChI is InChI=1S/C16H14BrIO2/c1-3-20-14-8-7-11(17)9-13(14)16(19)12-6-4-5-10(2)15(12)18/h4-9H,3H2,1-2H3. The number of benzene rings is 2. The highest BCUT2D eigenvalue weighted by Crippen LogP contribution is 2.28. The van der Waals surface area contributed by atoms with Crippen molar-refractivity contribution in [2.75, 3.05) is 6.61 Å². The van der Waals surface area contributed by atoms with Crippen molar-refractivity contribution in [1.82, 2.24) is 0 Å². The van der Waals surface area contributed by atoms with Gasteiger partial charge >= 0.3 is 0 Å². The van der Waals surface area contributed by atoms with Gasteiger partial charge in [0.25, 0.3) is 0 Å². The normalized spacial score (nSPS) is 10.4. The minimum atomic E-state index is -0.0112. The van der Waals surface area contributed by atoms with Crippen LogP contribution in [-0.4, -0.2) is 12.4 Å². The molecule has 0 N–H and O–H groups in total. The van der Waals surface area contributed by atoms with E-state index >= 15 is 0 Å². The van der Waals surface area contributed by atoms with E-state index in [-0.39, 0.29) is 5.78 Å². The molecule has 0 aliphatic carbocycles. The molecule has 0 aliphatic heterocycles. The molecule has 0 atom stereocenters. The Hall–Kier alpha value is -0.880. The first-order valence-corrected chi connectivity index (χ1v) is 8.14. The van der Waals surface area contributed by atoms with E-state index < -0.39 is 0 Å². The zero-order valence-corrected chi connectivity index (χ0v) is 15.0. The summed E-state index contributed by atoms with van der Waals surface area (Å²) in [5.74, 6) is 0.612. The Morgan fingerprint density at radius 3 is 2.70 bits per heavy atom. The summed E-state index contributed by atoms with van der Waals surface area (Å²) >= 11 is 5.63. The maximum absolute atomic E-state index is 12.8. The number of ketones is 1. The molecule has 0 unspecified atom stereocenters. The molecule has 2 rings (SSSR count). The molecule has 2 aromatic carbocycles. The summed E-state index contributed by atoms with van der Waals surface area (Å²) in [5, 5.41) is 0. The lowest BCUT2D eigenvalue weighted by Crippen LogP contribution is -2.08. The molecule has 0 heterocycles. The molecule has 0 amide bonds. The third-order valence-electron chi connectivity index (χ3n) is 2.92. The van der Waals surface area contributed by atoms with Crippen LogP contribution < -0.4 is 4.74 Å². The number of aryl methyl sites for hydroxylation is 1. The fourth-order valence-electron chi connectivity index (χ4n) is 1.93. The number of hydrogen-bond donors (Lipinski definition) is 0. The Morgan fingerprint density at radius 1 is 1.25 bits per heavy atom. The van der Waals surface area contributed by atoms with Crippen LogP contribution in [0.4, 0.5) is 0 Å². The molecule has 2 aromatic rings. The van der Waals surface area contributed by atoms with Crippen LogP contribution in [0.3, 0.4) is 0 Å². The van der Waals surface area contributed by atoms with Crippen molar-refractivity contribution in [3.05, 3.63) is 61.1 Å². The Morgan fingerprint density at radius 2 is 2.00 bits per heavy atom. The highest BCUT2D eigenvalue weighted by atomic mass is 127. The van der Waals surface area contributed by atoms with Crippen molar-refractivity contribution < 1.29 is 9.53 Å². The zero-order valence-electron chi connectivity index (χ0n) is 11.2. The maximum Gasteiger partial charge on any atom is 0.197 e. The van der Waals surface area contributed by atoms with Gasteiger partial charge in [-0.15, -0.1) is 0 Å². The van der Waals surface area contributed by atoms with Gasteiger partial charge in [-0.3, -0.25) is 4.79 Å². The summed E-state index contributed by atoms with van der Waals surface area (Å²) in [6, 6.07) is 11.3. The van der Waals surface area contributed by atoms with Crippen LogP contribution in [0.5, 0.6) is 5.75 Å². The quantitative estimate of drug-likeness (QED) is 0.490. The summed E-state index contributed by atoms with van der Waals surface area (Å²) in [7, 11) is 0. The van der Waals surface area contributed by atoms with Crippen molar-refractivity contribution in [3.8, 4) is 5.75 Å². The molecule has 0 aromatic heterocycles. The molecule has 4 heteroatoms. The first-order chi connectivity index (χ1) is 9.54. The molecule has 104 valence electrons. The van der Waals surface area contributed by atoms with Gasteiger partial charge in [0.05, 0.1) is 12.2 Å². The average Bonchev–Trinajstić information content (AvgIpc) is 2.43. The number of hydrogen-bond acceptors (Lipinski definition) is 2. The minimum absolute atomic E-state index is 0.0112. The molecular weight excluding hydrogens is 431 g/mol. The monoisotopic (exact) mass is 444 g/mol. The summed E-state index contributed by atoms with van der Waals surface area (Å²) in [4.78, 5) is 12.8. The van der Waals surface area contributed by atoms with E-state index in [9.17, 15) is 4.79 Å². The highest BCUT2D eigenvalue weighted by Gasteiger charge is 2.18. The first-order valence-electron chi connectivity index (χ1n) is 6.26. The molecule has 0 aliphatic rings. The van der Waals surface area contributed by atoms with Crippen molar-refractivity contribution >= 4 is 44.3 Å². The van der Waals surface area contributed by atoms with Gasteiger partial charge in [-0.25, -0.2) is 0 Å². The Labute approximate surface area is 140 Å². The van der Waals surface area contributed by atoms with E-state index in [2.05, 4.69) is 38.5 Å². The second kappa shape index (κ2) is 6.72. The van der Waals surface area contributed by atoms with Crippen LogP contribution in [0, 0.1) is 10.5 Å². The number of carbonyl (C=O) groups excluding carboxylic acids is 1. The van der Waals surface area contributed by atoms with E-state index in [4.69, 9.17) is 4.74 Å². The third kappa shape index (κ3) is 3.23. The Bertz CT molecular complexity index is 653. The first kappa shape index (κ1) is 15.5. The smallest absolute Gasteiger partial charge is 0.197 e. The molecule has 0 saturated carbocycles. The summed E-state index contributed by atoms with van der Waals surface area (Å²) < 4.78 is 7.41. The van der Waals surface area contributed by atoms with E-state index in [1.54, 1.807) is 0 Å². The van der Waals surface area contributed by atoms with Crippen LogP contribution in [0.25, 0.3) is 0 Å². The van der Waals surface area contributed by atoms with E-state index in [0.29, 0.717) is 23.5 Å². The van der Waals surface area contributed by atoms with Gasteiger partial charge in [-0.2, -0.15) is 0 Å². The van der Waals surface area contributed by atoms with Crippen molar-refractivity contribution in [2.45, 2.75) is 13.8 Å². The zero-order chi connectivity index (χ0) is 14.7. The summed E-state index contributed by atoms with van der Waals surface area (Å²) in [6.07, 6.45) is 0. The van der Waals surface area contributed by atoms with Crippen molar-refractivity contribution in [1.29, 1.82) is 0 Å². The van der Waals surface area contributed by atoms with Gasteiger partial charge in [-0.1, -0.05) is 28.1 Å². The van der Waals surface area contributed by atoms with Crippen LogP contribution >= 0.6 is 38.5 Å². The topological polar surface area (TPSA) is 26.3 Å². The van der Waals surface area contributed by atoms with Gasteiger partial charge in [0.1, 0.15) is 5.75 Å². The molecule has 0 bridgehead atoms. The van der Waals surface area contributed by atoms with Gasteiger partial charge in [0.2, 0.25) is 0 Å². The predicted molar refractivity (Wildman–Crippen MR) is 92.6 cm³/mol. The third-order valence-corrected chi connectivity index (χ3v) is 4.85. The van der Waals surface area contributed by atoms with Crippen molar-refractivity contribution in [3.63, 3.8) is 0 Å². The van der Waals surface area contributed by atoms with Gasteiger partial charge in [0.15, 0.2) is 5.78 Å². The second-order valence-corrected chi connectivity index (χ2v) is 6.33. The maximum atomic E-state index is 12.8. The number of carbonyl (C=O) groups is 1. The van der Waals surface area contributed by atoms with Crippen LogP contribution in [0.15, 0.2) is 40.9 Å². The van der Waals surface area contributed by atoms with Crippen LogP contribution in [0.1, 0.15) is 28.4 Å². The van der Waals surface area contributed by atoms with Gasteiger partial charge in [0, 0.05) is 13.6 Å². The predicted octanol–water partition coefficient (Wildman–Crippen LogP) is 4.99. The number of halogens is 2. The molecule has 2 nitrogen and oxygen atoms in total. The molecular formula is C16H14BrIO2. The minimum Gasteiger partial charge on any atom is -0.493 e. The molecule has 0 spiro atoms. The fraction of sp³-hybridized carbons (Fsp3) is 0.188. The number of rotatable bonds is 4. The Kier molecular flexibility index (Phi) is 5.21. The molecule has 0 fully saturated rings. The molecule has 0 radical (unpaired) electrons. The lowest BCUT2D eigenvalue weighted by molar-refractivity contribution is 0.103. The van der Waals surface area contributed by atoms with E-state index in [1.165, 1.54) is 0 Å². The van der Waals surface area contributed by atoms with Gasteiger partial charge < -0.3 is 4.74 Å². The Balaban J connectivity index is 2.52. The fourth-order valence-corrected chi connectivity index (χ4v) is 2.89. The summed E-state index contributed by atoms with van der Waals surface area (Å²) in [5.41, 5.74) is 2.40. The molecule has 20 heavy (non-hydrogen) atoms. The second-order valence-electron chi connectivity index (χ2n) is 4.34. The lowest BCUT2D eigenvalue weighted by atomic mass is 10.0. The van der Waals surface area contributed by atoms with Crippen LogP contribution in [-0.2, 0) is 0 Å². The molecule has 0 saturated heterocycles.